The molecule has 102 valence electrons. The van der Waals surface area contributed by atoms with Crippen LogP contribution in [-0.2, 0) is 4.79 Å². The standard InChI is InChI=1S/C11H18N4O2.ClH/c1-8-4-10(14-17-8)13-11(16)7-15-3-2-9(5-12)6-15;/h4,9H,2-3,5-7,12H2,1H3,(H,13,14,16);1H. The molecule has 0 spiro atoms. The third-order valence-corrected chi connectivity index (χ3v) is 2.97. The molecule has 0 aliphatic carbocycles. The molecule has 1 aliphatic rings. The van der Waals surface area contributed by atoms with E-state index in [1.165, 1.54) is 0 Å². The van der Waals surface area contributed by atoms with E-state index in [1.807, 2.05) is 0 Å². The molecule has 1 aliphatic heterocycles. The van der Waals surface area contributed by atoms with Crippen LogP contribution in [0.5, 0.6) is 0 Å². The van der Waals surface area contributed by atoms with Crippen LogP contribution in [0.3, 0.4) is 0 Å². The molecule has 18 heavy (non-hydrogen) atoms. The number of hydrogen-bond acceptors (Lipinski definition) is 5. The fourth-order valence-electron chi connectivity index (χ4n) is 2.06. The Kier molecular flexibility index (Phi) is 5.58. The Morgan fingerprint density at radius 2 is 2.50 bits per heavy atom. The monoisotopic (exact) mass is 274 g/mol. The highest BCUT2D eigenvalue weighted by atomic mass is 35.5. The first-order valence-corrected chi connectivity index (χ1v) is 5.83. The van der Waals surface area contributed by atoms with Gasteiger partial charge < -0.3 is 15.6 Å². The number of carbonyl (C=O) groups excluding carboxylic acids is 1. The number of rotatable bonds is 4. The Hall–Kier alpha value is -1.11. The minimum atomic E-state index is -0.0593. The summed E-state index contributed by atoms with van der Waals surface area (Å²) in [6.07, 6.45) is 1.08. The molecule has 2 rings (SSSR count). The molecule has 2 heterocycles. The normalized spacial score (nSPS) is 19.6. The minimum Gasteiger partial charge on any atom is -0.360 e. The number of hydrogen-bond donors (Lipinski definition) is 2. The van der Waals surface area contributed by atoms with Crippen LogP contribution in [0.15, 0.2) is 10.6 Å². The van der Waals surface area contributed by atoms with Gasteiger partial charge in [0.25, 0.3) is 0 Å². The number of nitrogens with two attached hydrogens (primary N) is 1. The number of carbonyl (C=O) groups is 1. The molecule has 1 aromatic heterocycles. The number of nitrogens with one attached hydrogen (secondary N) is 1. The lowest BCUT2D eigenvalue weighted by Gasteiger charge is -2.14. The first-order valence-electron chi connectivity index (χ1n) is 5.83. The van der Waals surface area contributed by atoms with Crippen LogP contribution in [0.25, 0.3) is 0 Å². The van der Waals surface area contributed by atoms with Crippen LogP contribution in [0, 0.1) is 12.8 Å². The Morgan fingerprint density at radius 3 is 3.06 bits per heavy atom. The smallest absolute Gasteiger partial charge is 0.239 e. The third kappa shape index (κ3) is 3.97. The number of aryl methyl sites for hydroxylation is 1. The predicted octanol–water partition coefficient (Wildman–Crippen LogP) is 0.624. The lowest BCUT2D eigenvalue weighted by Crippen LogP contribution is -2.32. The summed E-state index contributed by atoms with van der Waals surface area (Å²) < 4.78 is 4.87. The van der Waals surface area contributed by atoms with Crippen molar-refractivity contribution in [3.05, 3.63) is 11.8 Å². The van der Waals surface area contributed by atoms with E-state index in [2.05, 4.69) is 15.4 Å². The first kappa shape index (κ1) is 14.9. The predicted molar refractivity (Wildman–Crippen MR) is 70.7 cm³/mol. The summed E-state index contributed by atoms with van der Waals surface area (Å²) in [6.45, 7) is 4.72. The van der Waals surface area contributed by atoms with Crippen LogP contribution in [0.1, 0.15) is 12.2 Å². The third-order valence-electron chi connectivity index (χ3n) is 2.97. The second kappa shape index (κ2) is 6.72. The summed E-state index contributed by atoms with van der Waals surface area (Å²) >= 11 is 0. The van der Waals surface area contributed by atoms with Crippen molar-refractivity contribution in [1.82, 2.24) is 10.1 Å². The van der Waals surface area contributed by atoms with Gasteiger partial charge in [0.1, 0.15) is 5.76 Å². The topological polar surface area (TPSA) is 84.4 Å². The summed E-state index contributed by atoms with van der Waals surface area (Å²) in [4.78, 5) is 13.8. The maximum absolute atomic E-state index is 11.7. The zero-order valence-electron chi connectivity index (χ0n) is 10.4. The van der Waals surface area contributed by atoms with Crippen molar-refractivity contribution in [2.75, 3.05) is 31.5 Å². The van der Waals surface area contributed by atoms with Crippen molar-refractivity contribution in [2.24, 2.45) is 11.7 Å². The summed E-state index contributed by atoms with van der Waals surface area (Å²) in [7, 11) is 0. The number of nitrogens with zero attached hydrogens (tertiary/aromatic N) is 2. The maximum atomic E-state index is 11.7. The molecule has 0 radical (unpaired) electrons. The van der Waals surface area contributed by atoms with E-state index < -0.39 is 0 Å². The molecule has 3 N–H and O–H groups in total. The zero-order chi connectivity index (χ0) is 12.3. The zero-order valence-corrected chi connectivity index (χ0v) is 11.2. The van der Waals surface area contributed by atoms with Gasteiger partial charge in [-0.3, -0.25) is 9.69 Å². The Bertz CT molecular complexity index is 396. The van der Waals surface area contributed by atoms with Crippen LogP contribution < -0.4 is 11.1 Å². The molecular weight excluding hydrogens is 256 g/mol. The van der Waals surface area contributed by atoms with E-state index in [0.717, 1.165) is 19.5 Å². The highest BCUT2D eigenvalue weighted by Crippen LogP contribution is 2.14. The van der Waals surface area contributed by atoms with Gasteiger partial charge in [-0.25, -0.2) is 0 Å². The van der Waals surface area contributed by atoms with E-state index in [1.54, 1.807) is 13.0 Å². The summed E-state index contributed by atoms with van der Waals surface area (Å²) in [5.74, 6) is 1.62. The van der Waals surface area contributed by atoms with Gasteiger partial charge in [-0.15, -0.1) is 12.4 Å². The van der Waals surface area contributed by atoms with Gasteiger partial charge in [0, 0.05) is 12.6 Å². The molecule has 1 aromatic rings. The number of aromatic nitrogens is 1. The number of likely N-dealkylation sites (tertiary alicyclic amines) is 1. The number of anilines is 1. The first-order chi connectivity index (χ1) is 8.17. The van der Waals surface area contributed by atoms with Crippen LogP contribution >= 0.6 is 12.4 Å². The van der Waals surface area contributed by atoms with Gasteiger partial charge in [0.15, 0.2) is 5.82 Å². The Balaban J connectivity index is 0.00000162. The van der Waals surface area contributed by atoms with E-state index in [4.69, 9.17) is 10.3 Å². The molecule has 0 saturated carbocycles. The average molecular weight is 275 g/mol. The molecule has 1 atom stereocenters. The molecule has 1 fully saturated rings. The largest absolute Gasteiger partial charge is 0.360 e. The van der Waals surface area contributed by atoms with Crippen LogP contribution in [0.4, 0.5) is 5.82 Å². The molecule has 0 aromatic carbocycles. The van der Waals surface area contributed by atoms with Crippen LogP contribution in [-0.4, -0.2) is 42.1 Å². The van der Waals surface area contributed by atoms with Crippen LogP contribution in [0.2, 0.25) is 0 Å². The fourth-order valence-corrected chi connectivity index (χ4v) is 2.06. The van der Waals surface area contributed by atoms with Gasteiger partial charge in [0.2, 0.25) is 5.91 Å². The molecule has 1 unspecified atom stereocenters. The second-order valence-electron chi connectivity index (χ2n) is 4.50. The molecular formula is C11H19ClN4O2. The van der Waals surface area contributed by atoms with Crippen molar-refractivity contribution in [3.8, 4) is 0 Å². The SMILES string of the molecule is Cc1cc(NC(=O)CN2CCC(CN)C2)no1.Cl. The van der Waals surface area contributed by atoms with E-state index >= 15 is 0 Å². The van der Waals surface area contributed by atoms with Gasteiger partial charge >= 0.3 is 0 Å². The second-order valence-corrected chi connectivity index (χ2v) is 4.50. The lowest BCUT2D eigenvalue weighted by atomic mass is 10.1. The van der Waals surface area contributed by atoms with E-state index in [-0.39, 0.29) is 18.3 Å². The summed E-state index contributed by atoms with van der Waals surface area (Å²) in [5, 5.41) is 6.42. The Morgan fingerprint density at radius 1 is 1.72 bits per heavy atom. The summed E-state index contributed by atoms with van der Waals surface area (Å²) in [5.41, 5.74) is 5.60. The molecule has 0 bridgehead atoms. The van der Waals surface area contributed by atoms with E-state index in [0.29, 0.717) is 30.6 Å². The van der Waals surface area contributed by atoms with Gasteiger partial charge in [-0.1, -0.05) is 5.16 Å². The van der Waals surface area contributed by atoms with Crippen molar-refractivity contribution in [3.63, 3.8) is 0 Å². The molecule has 1 amide bonds. The lowest BCUT2D eigenvalue weighted by molar-refractivity contribution is -0.117. The molecule has 1 saturated heterocycles. The highest BCUT2D eigenvalue weighted by molar-refractivity contribution is 5.91. The van der Waals surface area contributed by atoms with Crippen molar-refractivity contribution >= 4 is 24.1 Å². The molecule has 7 heteroatoms. The fraction of sp³-hybridized carbons (Fsp3) is 0.636. The quantitative estimate of drug-likeness (QED) is 0.841. The maximum Gasteiger partial charge on any atom is 0.239 e. The van der Waals surface area contributed by atoms with Gasteiger partial charge in [0.05, 0.1) is 6.54 Å². The molecule has 6 nitrogen and oxygen atoms in total. The van der Waals surface area contributed by atoms with Crippen molar-refractivity contribution in [2.45, 2.75) is 13.3 Å². The van der Waals surface area contributed by atoms with Gasteiger partial charge in [-0.2, -0.15) is 0 Å². The van der Waals surface area contributed by atoms with Gasteiger partial charge in [-0.05, 0) is 32.4 Å². The summed E-state index contributed by atoms with van der Waals surface area (Å²) in [6, 6.07) is 1.70. The number of halogens is 1. The highest BCUT2D eigenvalue weighted by Gasteiger charge is 2.22. The van der Waals surface area contributed by atoms with Crippen molar-refractivity contribution in [1.29, 1.82) is 0 Å². The van der Waals surface area contributed by atoms with Crippen molar-refractivity contribution < 1.29 is 9.32 Å². The minimum absolute atomic E-state index is 0. The Labute approximate surface area is 112 Å². The number of amides is 1. The van der Waals surface area contributed by atoms with E-state index in [9.17, 15) is 4.79 Å². The average Bonchev–Trinajstić information content (AvgIpc) is 2.88.